The molecule has 1 aliphatic heterocycles. The molecule has 6 heteroatoms. The fourth-order valence-corrected chi connectivity index (χ4v) is 3.70. The Hall–Kier alpha value is -3.02. The molecule has 6 nitrogen and oxygen atoms in total. The van der Waals surface area contributed by atoms with Gasteiger partial charge in [-0.3, -0.25) is 9.59 Å². The lowest BCUT2D eigenvalue weighted by Crippen LogP contribution is -2.50. The van der Waals surface area contributed by atoms with Gasteiger partial charge in [-0.2, -0.15) is 0 Å². The van der Waals surface area contributed by atoms with E-state index < -0.39 is 0 Å². The zero-order valence-corrected chi connectivity index (χ0v) is 18.3. The van der Waals surface area contributed by atoms with Crippen LogP contribution in [0.4, 0.5) is 0 Å². The zero-order valence-electron chi connectivity index (χ0n) is 18.3. The van der Waals surface area contributed by atoms with E-state index in [-0.39, 0.29) is 11.8 Å². The fourth-order valence-electron chi connectivity index (χ4n) is 3.70. The number of rotatable bonds is 10. The number of carbonyl (C=O) groups is 2. The Labute approximate surface area is 184 Å². The molecule has 0 aliphatic carbocycles. The molecule has 2 aromatic carbocycles. The van der Waals surface area contributed by atoms with Gasteiger partial charge in [0.05, 0.1) is 13.7 Å². The number of benzene rings is 2. The van der Waals surface area contributed by atoms with Gasteiger partial charge in [0.15, 0.2) is 0 Å². The Morgan fingerprint density at radius 2 is 1.32 bits per heavy atom. The van der Waals surface area contributed by atoms with Gasteiger partial charge < -0.3 is 19.3 Å². The van der Waals surface area contributed by atoms with Crippen LogP contribution in [0.5, 0.6) is 11.5 Å². The van der Waals surface area contributed by atoms with E-state index in [2.05, 4.69) is 12.1 Å². The van der Waals surface area contributed by atoms with E-state index in [0.717, 1.165) is 24.3 Å². The summed E-state index contributed by atoms with van der Waals surface area (Å²) in [5.74, 6) is 1.88. The number of carbonyl (C=O) groups excluding carboxylic acids is 2. The lowest BCUT2D eigenvalue weighted by atomic mass is 10.1. The van der Waals surface area contributed by atoms with E-state index in [1.807, 2.05) is 52.3 Å². The van der Waals surface area contributed by atoms with E-state index in [1.165, 1.54) is 5.56 Å². The number of amides is 2. The minimum absolute atomic E-state index is 0.134. The molecule has 0 atom stereocenters. The normalized spacial score (nSPS) is 13.7. The number of ether oxygens (including phenoxy) is 2. The monoisotopic (exact) mass is 424 g/mol. The first-order valence-electron chi connectivity index (χ1n) is 11.0. The van der Waals surface area contributed by atoms with Crippen molar-refractivity contribution in [1.82, 2.24) is 9.80 Å². The van der Waals surface area contributed by atoms with Gasteiger partial charge in [-0.1, -0.05) is 30.3 Å². The third-order valence-electron chi connectivity index (χ3n) is 5.55. The maximum Gasteiger partial charge on any atom is 0.222 e. The lowest BCUT2D eigenvalue weighted by Gasteiger charge is -2.35. The smallest absolute Gasteiger partial charge is 0.222 e. The maximum atomic E-state index is 12.4. The summed E-state index contributed by atoms with van der Waals surface area (Å²) in [5, 5.41) is 0. The average molecular weight is 425 g/mol. The van der Waals surface area contributed by atoms with E-state index in [4.69, 9.17) is 9.47 Å². The van der Waals surface area contributed by atoms with Crippen LogP contribution in [-0.2, 0) is 16.0 Å². The maximum absolute atomic E-state index is 12.4. The summed E-state index contributed by atoms with van der Waals surface area (Å²) >= 11 is 0. The molecule has 31 heavy (non-hydrogen) atoms. The summed E-state index contributed by atoms with van der Waals surface area (Å²) in [5.41, 5.74) is 1.27. The molecule has 1 aliphatic rings. The van der Waals surface area contributed by atoms with E-state index in [1.54, 1.807) is 7.11 Å². The van der Waals surface area contributed by atoms with Gasteiger partial charge >= 0.3 is 0 Å². The van der Waals surface area contributed by atoms with Gasteiger partial charge in [-0.05, 0) is 49.1 Å². The fraction of sp³-hybridized carbons (Fsp3) is 0.440. The van der Waals surface area contributed by atoms with Crippen LogP contribution in [0.3, 0.4) is 0 Å². The van der Waals surface area contributed by atoms with Gasteiger partial charge in [0.2, 0.25) is 11.8 Å². The Kier molecular flexibility index (Phi) is 8.76. The van der Waals surface area contributed by atoms with Crippen molar-refractivity contribution in [3.63, 3.8) is 0 Å². The van der Waals surface area contributed by atoms with Crippen LogP contribution in [0.2, 0.25) is 0 Å². The molecule has 1 heterocycles. The Bertz CT molecular complexity index is 815. The summed E-state index contributed by atoms with van der Waals surface area (Å²) in [6.07, 6.45) is 3.47. The van der Waals surface area contributed by atoms with Crippen LogP contribution < -0.4 is 9.47 Å². The Morgan fingerprint density at radius 3 is 1.90 bits per heavy atom. The molecule has 1 fully saturated rings. The highest BCUT2D eigenvalue weighted by atomic mass is 16.5. The van der Waals surface area contributed by atoms with Crippen molar-refractivity contribution in [1.29, 1.82) is 0 Å². The van der Waals surface area contributed by atoms with Gasteiger partial charge in [-0.25, -0.2) is 0 Å². The summed E-state index contributed by atoms with van der Waals surface area (Å²) in [4.78, 5) is 28.7. The van der Waals surface area contributed by atoms with Crippen molar-refractivity contribution in [2.75, 3.05) is 39.9 Å². The molecular formula is C25H32N2O4. The van der Waals surface area contributed by atoms with Gasteiger partial charge in [0.25, 0.3) is 0 Å². The predicted molar refractivity (Wildman–Crippen MR) is 120 cm³/mol. The van der Waals surface area contributed by atoms with Gasteiger partial charge in [0.1, 0.15) is 11.5 Å². The van der Waals surface area contributed by atoms with Crippen molar-refractivity contribution in [2.24, 2.45) is 0 Å². The minimum atomic E-state index is 0.134. The molecule has 1 saturated heterocycles. The highest BCUT2D eigenvalue weighted by molar-refractivity contribution is 5.78. The summed E-state index contributed by atoms with van der Waals surface area (Å²) in [6.45, 7) is 2.97. The molecule has 0 saturated carbocycles. The topological polar surface area (TPSA) is 59.1 Å². The number of hydrogen-bond acceptors (Lipinski definition) is 4. The van der Waals surface area contributed by atoms with E-state index in [0.29, 0.717) is 52.0 Å². The number of nitrogens with zero attached hydrogens (tertiary/aromatic N) is 2. The molecule has 0 bridgehead atoms. The number of hydrogen-bond donors (Lipinski definition) is 0. The van der Waals surface area contributed by atoms with E-state index in [9.17, 15) is 9.59 Å². The van der Waals surface area contributed by atoms with Crippen molar-refractivity contribution >= 4 is 11.8 Å². The summed E-state index contributed by atoms with van der Waals surface area (Å²) < 4.78 is 10.8. The lowest BCUT2D eigenvalue weighted by molar-refractivity contribution is -0.139. The second-order valence-electron chi connectivity index (χ2n) is 7.73. The van der Waals surface area contributed by atoms with Crippen LogP contribution in [0, 0.1) is 0 Å². The second-order valence-corrected chi connectivity index (χ2v) is 7.73. The van der Waals surface area contributed by atoms with Crippen LogP contribution in [0.1, 0.15) is 31.2 Å². The molecule has 2 amide bonds. The molecule has 0 radical (unpaired) electrons. The first-order valence-corrected chi connectivity index (χ1v) is 11.0. The summed E-state index contributed by atoms with van der Waals surface area (Å²) in [6, 6.07) is 17.7. The molecule has 0 aromatic heterocycles. The molecule has 3 rings (SSSR count). The molecule has 0 spiro atoms. The third kappa shape index (κ3) is 7.31. The molecular weight excluding hydrogens is 392 g/mol. The molecule has 2 aromatic rings. The van der Waals surface area contributed by atoms with E-state index >= 15 is 0 Å². The number of methoxy groups -OCH3 is 1. The Morgan fingerprint density at radius 1 is 0.774 bits per heavy atom. The first kappa shape index (κ1) is 22.7. The quantitative estimate of drug-likeness (QED) is 0.548. The standard InChI is InChI=1S/C25H32N2O4/c1-30-22-12-14-23(15-13-22)31-20-6-11-25(29)27-18-16-26(17-19-27)24(28)10-5-9-21-7-3-2-4-8-21/h2-4,7-8,12-15H,5-6,9-11,16-20H2,1H3. The highest BCUT2D eigenvalue weighted by Crippen LogP contribution is 2.17. The van der Waals surface area contributed by atoms with Crippen molar-refractivity contribution in [2.45, 2.75) is 32.1 Å². The molecule has 0 unspecified atom stereocenters. The van der Waals surface area contributed by atoms with Gasteiger partial charge in [0, 0.05) is 39.0 Å². The second kappa shape index (κ2) is 12.0. The van der Waals surface area contributed by atoms with Crippen LogP contribution in [0.15, 0.2) is 54.6 Å². The minimum Gasteiger partial charge on any atom is -0.497 e. The van der Waals surface area contributed by atoms with Gasteiger partial charge in [-0.15, -0.1) is 0 Å². The largest absolute Gasteiger partial charge is 0.497 e. The van der Waals surface area contributed by atoms with Crippen LogP contribution >= 0.6 is 0 Å². The highest BCUT2D eigenvalue weighted by Gasteiger charge is 2.23. The van der Waals surface area contributed by atoms with Crippen molar-refractivity contribution in [3.05, 3.63) is 60.2 Å². The SMILES string of the molecule is COc1ccc(OCCCC(=O)N2CCN(C(=O)CCCc3ccccc3)CC2)cc1. The number of aryl methyl sites for hydroxylation is 1. The Balaban J connectivity index is 1.28. The third-order valence-corrected chi connectivity index (χ3v) is 5.55. The van der Waals surface area contributed by atoms with Crippen LogP contribution in [0.25, 0.3) is 0 Å². The molecule has 166 valence electrons. The van der Waals surface area contributed by atoms with Crippen molar-refractivity contribution in [3.8, 4) is 11.5 Å². The summed E-state index contributed by atoms with van der Waals surface area (Å²) in [7, 11) is 1.63. The van der Waals surface area contributed by atoms with Crippen LogP contribution in [-0.4, -0.2) is 61.5 Å². The number of piperazine rings is 1. The molecule has 0 N–H and O–H groups in total. The average Bonchev–Trinajstić information content (AvgIpc) is 2.83. The zero-order chi connectivity index (χ0) is 21.9. The first-order chi connectivity index (χ1) is 15.2. The predicted octanol–water partition coefficient (Wildman–Crippen LogP) is 3.55. The van der Waals surface area contributed by atoms with Crippen molar-refractivity contribution < 1.29 is 19.1 Å².